The molecule has 0 aromatic carbocycles. The third-order valence-corrected chi connectivity index (χ3v) is 5.54. The molecule has 1 spiro atoms. The number of aliphatic carboxylic acids is 1. The summed E-state index contributed by atoms with van der Waals surface area (Å²) in [6, 6.07) is -0.121. The highest BCUT2D eigenvalue weighted by atomic mass is 16.5. The molecular weight excluding hydrogens is 284 g/mol. The van der Waals surface area contributed by atoms with Gasteiger partial charge in [0.15, 0.2) is 0 Å². The van der Waals surface area contributed by atoms with Crippen LogP contribution in [0.2, 0.25) is 0 Å². The lowest BCUT2D eigenvalue weighted by molar-refractivity contribution is -0.146. The number of carboxylic acid groups (broad SMARTS) is 1. The number of carboxylic acids is 1. The molecule has 124 valence electrons. The first-order chi connectivity index (χ1) is 10.6. The first-order valence-electron chi connectivity index (χ1n) is 8.42. The Labute approximate surface area is 131 Å². The standard InChI is InChI=1S/C16H26N2O4/c19-14(20)11-17-7-2-1-3-13(15(17)21)18-8-4-16(12-18)5-9-22-10-6-16/h13H,1-12H2,(H,19,20). The van der Waals surface area contributed by atoms with Crippen molar-refractivity contribution < 1.29 is 19.4 Å². The summed E-state index contributed by atoms with van der Waals surface area (Å²) in [5.41, 5.74) is 0.322. The summed E-state index contributed by atoms with van der Waals surface area (Å²) in [7, 11) is 0. The molecule has 0 radical (unpaired) electrons. The van der Waals surface area contributed by atoms with Gasteiger partial charge in [-0.2, -0.15) is 0 Å². The molecule has 6 nitrogen and oxygen atoms in total. The second kappa shape index (κ2) is 6.54. The Hall–Kier alpha value is -1.14. The fourth-order valence-corrected chi connectivity index (χ4v) is 4.19. The summed E-state index contributed by atoms with van der Waals surface area (Å²) in [5, 5.41) is 9.00. The van der Waals surface area contributed by atoms with Crippen LogP contribution in [0.3, 0.4) is 0 Å². The predicted octanol–water partition coefficient (Wildman–Crippen LogP) is 0.955. The minimum absolute atomic E-state index is 0.0176. The van der Waals surface area contributed by atoms with Crippen LogP contribution in [0.25, 0.3) is 0 Å². The number of nitrogens with zero attached hydrogens (tertiary/aromatic N) is 2. The molecule has 1 atom stereocenters. The Kier molecular flexibility index (Phi) is 4.68. The Morgan fingerprint density at radius 2 is 2.00 bits per heavy atom. The van der Waals surface area contributed by atoms with Gasteiger partial charge in [0.1, 0.15) is 6.54 Å². The lowest BCUT2D eigenvalue weighted by Crippen LogP contribution is -2.49. The number of hydrogen-bond donors (Lipinski definition) is 1. The molecule has 3 saturated heterocycles. The summed E-state index contributed by atoms with van der Waals surface area (Å²) in [5.74, 6) is -0.902. The smallest absolute Gasteiger partial charge is 0.323 e. The summed E-state index contributed by atoms with van der Waals surface area (Å²) >= 11 is 0. The van der Waals surface area contributed by atoms with E-state index in [-0.39, 0.29) is 18.5 Å². The van der Waals surface area contributed by atoms with Gasteiger partial charge in [-0.05, 0) is 50.5 Å². The number of carbonyl (C=O) groups is 2. The van der Waals surface area contributed by atoms with Crippen LogP contribution in [0.1, 0.15) is 38.5 Å². The van der Waals surface area contributed by atoms with Crippen LogP contribution in [-0.4, -0.2) is 72.2 Å². The molecule has 3 aliphatic heterocycles. The molecule has 3 fully saturated rings. The molecule has 0 bridgehead atoms. The van der Waals surface area contributed by atoms with Gasteiger partial charge in [0.25, 0.3) is 0 Å². The molecule has 1 unspecified atom stereocenters. The van der Waals surface area contributed by atoms with Crippen molar-refractivity contribution >= 4 is 11.9 Å². The lowest BCUT2D eigenvalue weighted by Gasteiger charge is -2.35. The second-order valence-corrected chi connectivity index (χ2v) is 7.00. The Morgan fingerprint density at radius 1 is 1.23 bits per heavy atom. The zero-order chi connectivity index (χ0) is 15.6. The van der Waals surface area contributed by atoms with Crippen LogP contribution >= 0.6 is 0 Å². The van der Waals surface area contributed by atoms with E-state index in [2.05, 4.69) is 4.90 Å². The SMILES string of the molecule is O=C(O)CN1CCCCC(N2CCC3(CCOCC3)C2)C1=O. The second-order valence-electron chi connectivity index (χ2n) is 7.00. The molecule has 3 heterocycles. The average Bonchev–Trinajstić information content (AvgIpc) is 2.80. The van der Waals surface area contributed by atoms with Gasteiger partial charge >= 0.3 is 5.97 Å². The first kappa shape index (κ1) is 15.7. The monoisotopic (exact) mass is 310 g/mol. The number of rotatable bonds is 3. The Balaban J connectivity index is 1.67. The topological polar surface area (TPSA) is 70.1 Å². The normalized spacial score (nSPS) is 29.7. The van der Waals surface area contributed by atoms with E-state index in [0.29, 0.717) is 12.0 Å². The summed E-state index contributed by atoms with van der Waals surface area (Å²) in [4.78, 5) is 27.6. The number of amides is 1. The van der Waals surface area contributed by atoms with Gasteiger partial charge in [-0.3, -0.25) is 14.5 Å². The van der Waals surface area contributed by atoms with Gasteiger partial charge in [-0.15, -0.1) is 0 Å². The fourth-order valence-electron chi connectivity index (χ4n) is 4.19. The van der Waals surface area contributed by atoms with Gasteiger partial charge in [-0.25, -0.2) is 0 Å². The van der Waals surface area contributed by atoms with Crippen LogP contribution < -0.4 is 0 Å². The maximum Gasteiger partial charge on any atom is 0.323 e. The number of ether oxygens (including phenoxy) is 1. The molecule has 22 heavy (non-hydrogen) atoms. The first-order valence-corrected chi connectivity index (χ1v) is 8.42. The van der Waals surface area contributed by atoms with Crippen molar-refractivity contribution in [3.8, 4) is 0 Å². The van der Waals surface area contributed by atoms with E-state index in [1.54, 1.807) is 0 Å². The molecule has 0 aliphatic carbocycles. The number of hydrogen-bond acceptors (Lipinski definition) is 4. The predicted molar refractivity (Wildman–Crippen MR) is 80.5 cm³/mol. The summed E-state index contributed by atoms with van der Waals surface area (Å²) < 4.78 is 5.48. The number of likely N-dealkylation sites (tertiary alicyclic amines) is 2. The summed E-state index contributed by atoms with van der Waals surface area (Å²) in [6.45, 7) is 4.00. The summed E-state index contributed by atoms with van der Waals surface area (Å²) in [6.07, 6.45) is 6.08. The van der Waals surface area contributed by atoms with E-state index in [0.717, 1.165) is 64.8 Å². The van der Waals surface area contributed by atoms with E-state index < -0.39 is 5.97 Å². The Bertz CT molecular complexity index is 434. The average molecular weight is 310 g/mol. The minimum Gasteiger partial charge on any atom is -0.480 e. The van der Waals surface area contributed by atoms with Crippen LogP contribution in [0.15, 0.2) is 0 Å². The van der Waals surface area contributed by atoms with E-state index in [1.165, 1.54) is 4.90 Å². The van der Waals surface area contributed by atoms with Crippen LogP contribution in [0.5, 0.6) is 0 Å². The van der Waals surface area contributed by atoms with Crippen molar-refractivity contribution in [2.75, 3.05) is 39.4 Å². The molecule has 1 N–H and O–H groups in total. The van der Waals surface area contributed by atoms with Crippen LogP contribution in [-0.2, 0) is 14.3 Å². The number of carbonyl (C=O) groups excluding carboxylic acids is 1. The van der Waals surface area contributed by atoms with Gasteiger partial charge in [-0.1, -0.05) is 0 Å². The minimum atomic E-state index is -0.920. The maximum atomic E-state index is 12.7. The van der Waals surface area contributed by atoms with E-state index >= 15 is 0 Å². The zero-order valence-electron chi connectivity index (χ0n) is 13.1. The zero-order valence-corrected chi connectivity index (χ0v) is 13.1. The molecular formula is C16H26N2O4. The highest BCUT2D eigenvalue weighted by Gasteiger charge is 2.44. The molecule has 0 aromatic heterocycles. The van der Waals surface area contributed by atoms with E-state index in [1.807, 2.05) is 0 Å². The highest BCUT2D eigenvalue weighted by Crippen LogP contribution is 2.41. The lowest BCUT2D eigenvalue weighted by atomic mass is 9.79. The van der Waals surface area contributed by atoms with Crippen molar-refractivity contribution in [3.05, 3.63) is 0 Å². The van der Waals surface area contributed by atoms with E-state index in [9.17, 15) is 9.59 Å². The molecule has 0 aromatic rings. The van der Waals surface area contributed by atoms with Gasteiger partial charge in [0.2, 0.25) is 5.91 Å². The Morgan fingerprint density at radius 3 is 2.73 bits per heavy atom. The van der Waals surface area contributed by atoms with E-state index in [4.69, 9.17) is 9.84 Å². The van der Waals surface area contributed by atoms with Crippen LogP contribution in [0.4, 0.5) is 0 Å². The third kappa shape index (κ3) is 3.27. The van der Waals surface area contributed by atoms with Crippen molar-refractivity contribution in [1.82, 2.24) is 9.80 Å². The van der Waals surface area contributed by atoms with Crippen molar-refractivity contribution in [2.45, 2.75) is 44.6 Å². The molecule has 3 rings (SSSR count). The fraction of sp³-hybridized carbons (Fsp3) is 0.875. The third-order valence-electron chi connectivity index (χ3n) is 5.54. The van der Waals surface area contributed by atoms with Gasteiger partial charge in [0, 0.05) is 26.3 Å². The molecule has 3 aliphatic rings. The van der Waals surface area contributed by atoms with Gasteiger partial charge < -0.3 is 14.7 Å². The quantitative estimate of drug-likeness (QED) is 0.840. The molecule has 1 amide bonds. The molecule has 0 saturated carbocycles. The van der Waals surface area contributed by atoms with Crippen molar-refractivity contribution in [1.29, 1.82) is 0 Å². The maximum absolute atomic E-state index is 12.7. The largest absolute Gasteiger partial charge is 0.480 e. The van der Waals surface area contributed by atoms with Gasteiger partial charge in [0.05, 0.1) is 6.04 Å². The van der Waals surface area contributed by atoms with Crippen molar-refractivity contribution in [2.24, 2.45) is 5.41 Å². The highest BCUT2D eigenvalue weighted by molar-refractivity contribution is 5.85. The molecule has 6 heteroatoms. The van der Waals surface area contributed by atoms with Crippen molar-refractivity contribution in [3.63, 3.8) is 0 Å². The van der Waals surface area contributed by atoms with Crippen LogP contribution in [0, 0.1) is 5.41 Å².